The molecular formula is C14H20F2N2O. The number of piperidine rings is 1. The molecule has 1 aromatic rings. The average molecular weight is 270 g/mol. The van der Waals surface area contributed by atoms with Gasteiger partial charge >= 0.3 is 0 Å². The van der Waals surface area contributed by atoms with Gasteiger partial charge in [0.15, 0.2) is 11.6 Å². The van der Waals surface area contributed by atoms with Crippen LogP contribution in [0.15, 0.2) is 18.2 Å². The van der Waals surface area contributed by atoms with Crippen molar-refractivity contribution < 1.29 is 13.9 Å². The van der Waals surface area contributed by atoms with Crippen molar-refractivity contribution >= 4 is 0 Å². The summed E-state index contributed by atoms with van der Waals surface area (Å²) >= 11 is 0. The Morgan fingerprint density at radius 2 is 2.05 bits per heavy atom. The number of likely N-dealkylation sites (tertiary alicyclic amines) is 1. The second kappa shape index (κ2) is 6.41. The lowest BCUT2D eigenvalue weighted by Gasteiger charge is -2.36. The fraction of sp³-hybridized carbons (Fsp3) is 0.571. The van der Waals surface area contributed by atoms with Crippen LogP contribution in [0.1, 0.15) is 18.4 Å². The van der Waals surface area contributed by atoms with Crippen molar-refractivity contribution in [3.05, 3.63) is 35.4 Å². The van der Waals surface area contributed by atoms with E-state index in [-0.39, 0.29) is 12.6 Å². The molecule has 1 aliphatic heterocycles. The van der Waals surface area contributed by atoms with Crippen LogP contribution in [0.5, 0.6) is 0 Å². The highest BCUT2D eigenvalue weighted by Gasteiger charge is 2.24. The second-order valence-electron chi connectivity index (χ2n) is 5.32. The summed E-state index contributed by atoms with van der Waals surface area (Å²) in [7, 11) is 0. The van der Waals surface area contributed by atoms with Crippen LogP contribution in [0.25, 0.3) is 0 Å². The van der Waals surface area contributed by atoms with Gasteiger partial charge in [-0.1, -0.05) is 6.07 Å². The lowest BCUT2D eigenvalue weighted by Crippen LogP contribution is -2.46. The molecule has 19 heavy (non-hydrogen) atoms. The molecule has 1 aromatic carbocycles. The van der Waals surface area contributed by atoms with Crippen molar-refractivity contribution in [2.75, 3.05) is 19.7 Å². The summed E-state index contributed by atoms with van der Waals surface area (Å²) in [4.78, 5) is 2.14. The number of nitrogens with two attached hydrogens (primary N) is 1. The lowest BCUT2D eigenvalue weighted by molar-refractivity contribution is 0.128. The fourth-order valence-electron chi connectivity index (χ4n) is 2.77. The first-order valence-corrected chi connectivity index (χ1v) is 6.61. The predicted octanol–water partition coefficient (Wildman–Crippen LogP) is 1.50. The van der Waals surface area contributed by atoms with Gasteiger partial charge in [0.1, 0.15) is 0 Å². The van der Waals surface area contributed by atoms with Crippen molar-refractivity contribution in [3.8, 4) is 0 Å². The maximum atomic E-state index is 13.2. The predicted molar refractivity (Wildman–Crippen MR) is 69.4 cm³/mol. The monoisotopic (exact) mass is 270 g/mol. The normalized spacial score (nSPS) is 24.6. The van der Waals surface area contributed by atoms with Crippen molar-refractivity contribution in [1.29, 1.82) is 0 Å². The number of hydrogen-bond donors (Lipinski definition) is 2. The van der Waals surface area contributed by atoms with Gasteiger partial charge in [-0.3, -0.25) is 4.90 Å². The van der Waals surface area contributed by atoms with Gasteiger partial charge < -0.3 is 10.8 Å². The van der Waals surface area contributed by atoms with E-state index >= 15 is 0 Å². The maximum absolute atomic E-state index is 13.2. The molecule has 1 heterocycles. The Balaban J connectivity index is 1.99. The van der Waals surface area contributed by atoms with E-state index in [0.717, 1.165) is 37.6 Å². The number of hydrogen-bond acceptors (Lipinski definition) is 3. The zero-order valence-electron chi connectivity index (χ0n) is 10.9. The summed E-state index contributed by atoms with van der Waals surface area (Å²) in [6, 6.07) is 4.06. The highest BCUT2D eigenvalue weighted by atomic mass is 19.2. The molecule has 0 aromatic heterocycles. The molecule has 3 nitrogen and oxygen atoms in total. The van der Waals surface area contributed by atoms with Crippen molar-refractivity contribution in [2.45, 2.75) is 25.4 Å². The number of benzene rings is 1. The molecule has 0 spiro atoms. The average Bonchev–Trinajstić information content (AvgIpc) is 2.33. The van der Waals surface area contributed by atoms with Crippen molar-refractivity contribution in [3.63, 3.8) is 0 Å². The van der Waals surface area contributed by atoms with E-state index < -0.39 is 11.6 Å². The number of nitrogens with zero attached hydrogens (tertiary/aromatic N) is 1. The third-order valence-corrected chi connectivity index (χ3v) is 3.57. The second-order valence-corrected chi connectivity index (χ2v) is 5.32. The third-order valence-electron chi connectivity index (χ3n) is 3.57. The van der Waals surface area contributed by atoms with Crippen LogP contribution in [0, 0.1) is 17.6 Å². The highest BCUT2D eigenvalue weighted by molar-refractivity contribution is 5.17. The molecular weight excluding hydrogens is 250 g/mol. The van der Waals surface area contributed by atoms with Crippen molar-refractivity contribution in [1.82, 2.24) is 4.90 Å². The van der Waals surface area contributed by atoms with Crippen LogP contribution in [0.3, 0.4) is 0 Å². The van der Waals surface area contributed by atoms with Gasteiger partial charge in [0.25, 0.3) is 0 Å². The molecule has 0 bridgehead atoms. The first kappa shape index (κ1) is 14.4. The summed E-state index contributed by atoms with van der Waals surface area (Å²) < 4.78 is 26.0. The van der Waals surface area contributed by atoms with Gasteiger partial charge in [-0.15, -0.1) is 0 Å². The van der Waals surface area contributed by atoms with E-state index in [9.17, 15) is 8.78 Å². The minimum absolute atomic E-state index is 0.0793. The SMILES string of the molecule is NC1CC(CCO)CN(Cc2ccc(F)c(F)c2)C1. The molecule has 1 saturated heterocycles. The number of halogens is 2. The van der Waals surface area contributed by atoms with Gasteiger partial charge in [0.05, 0.1) is 0 Å². The van der Waals surface area contributed by atoms with Crippen LogP contribution in [-0.4, -0.2) is 35.7 Å². The highest BCUT2D eigenvalue weighted by Crippen LogP contribution is 2.21. The topological polar surface area (TPSA) is 49.5 Å². The van der Waals surface area contributed by atoms with E-state index in [1.165, 1.54) is 6.07 Å². The molecule has 1 aliphatic rings. The first-order valence-electron chi connectivity index (χ1n) is 6.61. The van der Waals surface area contributed by atoms with Crippen LogP contribution >= 0.6 is 0 Å². The fourth-order valence-corrected chi connectivity index (χ4v) is 2.77. The Kier molecular flexibility index (Phi) is 4.85. The smallest absolute Gasteiger partial charge is 0.159 e. The van der Waals surface area contributed by atoms with E-state index in [1.807, 2.05) is 0 Å². The molecule has 3 N–H and O–H groups in total. The van der Waals surface area contributed by atoms with Crippen LogP contribution in [0.4, 0.5) is 8.78 Å². The lowest BCUT2D eigenvalue weighted by atomic mass is 9.92. The van der Waals surface area contributed by atoms with Gasteiger partial charge in [-0.2, -0.15) is 0 Å². The Morgan fingerprint density at radius 3 is 2.74 bits per heavy atom. The molecule has 1 fully saturated rings. The van der Waals surface area contributed by atoms with E-state index in [4.69, 9.17) is 10.8 Å². The standard InChI is InChI=1S/C14H20F2N2O/c15-13-2-1-10(6-14(13)16)7-18-8-11(3-4-19)5-12(17)9-18/h1-2,6,11-12,19H,3-5,7-9,17H2. The molecule has 106 valence electrons. The zero-order chi connectivity index (χ0) is 13.8. The zero-order valence-corrected chi connectivity index (χ0v) is 10.9. The van der Waals surface area contributed by atoms with E-state index in [1.54, 1.807) is 6.07 Å². The summed E-state index contributed by atoms with van der Waals surface area (Å²) in [5.41, 5.74) is 6.74. The van der Waals surface area contributed by atoms with Gasteiger partial charge in [0.2, 0.25) is 0 Å². The first-order chi connectivity index (χ1) is 9.08. The Bertz CT molecular complexity index is 428. The molecule has 0 amide bonds. The molecule has 0 aliphatic carbocycles. The van der Waals surface area contributed by atoms with Gasteiger partial charge in [-0.05, 0) is 36.5 Å². The van der Waals surface area contributed by atoms with Crippen molar-refractivity contribution in [2.24, 2.45) is 11.7 Å². The summed E-state index contributed by atoms with van der Waals surface area (Å²) in [6.45, 7) is 2.32. The quantitative estimate of drug-likeness (QED) is 0.871. The van der Waals surface area contributed by atoms with E-state index in [0.29, 0.717) is 12.5 Å². The minimum Gasteiger partial charge on any atom is -0.396 e. The summed E-state index contributed by atoms with van der Waals surface area (Å²) in [5.74, 6) is -1.26. The molecule has 2 atom stereocenters. The van der Waals surface area contributed by atoms with Crippen LogP contribution in [-0.2, 0) is 6.54 Å². The van der Waals surface area contributed by atoms with Crippen LogP contribution in [0.2, 0.25) is 0 Å². The number of aliphatic hydroxyl groups excluding tert-OH is 1. The number of aliphatic hydroxyl groups is 1. The number of rotatable bonds is 4. The molecule has 0 saturated carbocycles. The Hall–Kier alpha value is -1.04. The molecule has 5 heteroatoms. The molecule has 2 unspecified atom stereocenters. The Labute approximate surface area is 112 Å². The van der Waals surface area contributed by atoms with E-state index in [2.05, 4.69) is 4.90 Å². The largest absolute Gasteiger partial charge is 0.396 e. The van der Waals surface area contributed by atoms with Gasteiger partial charge in [-0.25, -0.2) is 8.78 Å². The van der Waals surface area contributed by atoms with Crippen LogP contribution < -0.4 is 5.73 Å². The summed E-state index contributed by atoms with van der Waals surface area (Å²) in [5, 5.41) is 9.00. The molecule has 2 rings (SSSR count). The minimum atomic E-state index is -0.822. The Morgan fingerprint density at radius 1 is 1.26 bits per heavy atom. The summed E-state index contributed by atoms with van der Waals surface area (Å²) in [6.07, 6.45) is 1.65. The van der Waals surface area contributed by atoms with Gasteiger partial charge in [0, 0.05) is 32.3 Å². The molecule has 0 radical (unpaired) electrons. The third kappa shape index (κ3) is 3.96. The maximum Gasteiger partial charge on any atom is 0.159 e.